The van der Waals surface area contributed by atoms with Crippen molar-refractivity contribution in [3.05, 3.63) is 217 Å². The summed E-state index contributed by atoms with van der Waals surface area (Å²) in [4.78, 5) is 11.9. The average molecular weight is 1080 g/mol. The smallest absolute Gasteiger partial charge is 0.135 e. The van der Waals surface area contributed by atoms with Crippen molar-refractivity contribution < 1.29 is 21.1 Å². The third kappa shape index (κ3) is 8.92. The molecule has 0 saturated heterocycles. The van der Waals surface area contributed by atoms with Gasteiger partial charge in [-0.25, -0.2) is 4.98 Å². The molecule has 5 nitrogen and oxygen atoms in total. The van der Waals surface area contributed by atoms with Crippen LogP contribution in [0.1, 0.15) is 104 Å². The molecule has 1 aliphatic rings. The molecule has 0 fully saturated rings. The Balaban J connectivity index is 0.00000593. The Bertz CT molecular complexity index is 3280. The molecular formula is C63H62N5Pt-3. The van der Waals surface area contributed by atoms with Crippen molar-refractivity contribution in [3.8, 4) is 5.82 Å². The molecule has 69 heavy (non-hydrogen) atoms. The molecule has 10 rings (SSSR count). The standard InChI is InChI=1S/C63H62N5.Pt/c1-60(2,3)43-28-30-44(31-29-43)63(10,11)45-34-35-64-59(39-45)68-55-25-16-15-24-53(55)54-33-32-51(41-58(54)68)67(48-20-13-12-14-21-48)50-23-19-22-49(40-50)65-42-66(57-27-18-17-26-56(57)65)52-37-46(61(4,5)6)36-47(38-52)62(7,8)9;/h12-39,42H,1-11H3;/q-3;. The summed E-state index contributed by atoms with van der Waals surface area (Å²) in [6, 6.07) is 67.2. The number of anilines is 7. The van der Waals surface area contributed by atoms with Crippen molar-refractivity contribution in [3.63, 3.8) is 0 Å². The second kappa shape index (κ2) is 17.8. The minimum Gasteiger partial charge on any atom is -0.493 e. The first kappa shape index (κ1) is 47.6. The van der Waals surface area contributed by atoms with E-state index >= 15 is 0 Å². The Hall–Kier alpha value is -6.42. The van der Waals surface area contributed by atoms with E-state index in [1.54, 1.807) is 0 Å². The normalized spacial score (nSPS) is 13.2. The minimum absolute atomic E-state index is 0. The summed E-state index contributed by atoms with van der Waals surface area (Å²) in [7, 11) is 0. The van der Waals surface area contributed by atoms with Crippen LogP contribution in [-0.4, -0.2) is 9.55 Å². The molecule has 0 bridgehead atoms. The van der Waals surface area contributed by atoms with Crippen LogP contribution in [0.4, 0.5) is 39.8 Å². The molecule has 3 heterocycles. The van der Waals surface area contributed by atoms with Gasteiger partial charge in [-0.15, -0.1) is 48.1 Å². The van der Waals surface area contributed by atoms with Crippen LogP contribution in [0, 0.1) is 18.8 Å². The van der Waals surface area contributed by atoms with Gasteiger partial charge in [0.15, 0.2) is 0 Å². The summed E-state index contributed by atoms with van der Waals surface area (Å²) in [5, 5.41) is 2.28. The molecule has 0 radical (unpaired) electrons. The molecule has 7 aromatic carbocycles. The van der Waals surface area contributed by atoms with Gasteiger partial charge in [0.2, 0.25) is 0 Å². The van der Waals surface area contributed by atoms with Gasteiger partial charge in [-0.2, -0.15) is 12.1 Å². The van der Waals surface area contributed by atoms with Gasteiger partial charge in [0.25, 0.3) is 0 Å². The molecule has 0 aliphatic carbocycles. The van der Waals surface area contributed by atoms with Gasteiger partial charge in [0.1, 0.15) is 5.82 Å². The van der Waals surface area contributed by atoms with Crippen molar-refractivity contribution in [2.75, 3.05) is 14.7 Å². The topological polar surface area (TPSA) is 27.5 Å². The van der Waals surface area contributed by atoms with Gasteiger partial charge in [0, 0.05) is 60.9 Å². The molecule has 352 valence electrons. The minimum atomic E-state index is -0.261. The fourth-order valence-corrected chi connectivity index (χ4v) is 9.56. The van der Waals surface area contributed by atoms with Gasteiger partial charge in [-0.1, -0.05) is 172 Å². The first-order valence-electron chi connectivity index (χ1n) is 24.0. The predicted octanol–water partition coefficient (Wildman–Crippen LogP) is 16.9. The van der Waals surface area contributed by atoms with Crippen molar-refractivity contribution in [1.82, 2.24) is 9.55 Å². The zero-order chi connectivity index (χ0) is 47.8. The molecular weight excluding hydrogens is 1020 g/mol. The third-order valence-electron chi connectivity index (χ3n) is 13.8. The van der Waals surface area contributed by atoms with Crippen LogP contribution in [0.25, 0.3) is 27.6 Å². The quantitative estimate of drug-likeness (QED) is 0.142. The zero-order valence-corrected chi connectivity index (χ0v) is 44.1. The Labute approximate surface area is 424 Å². The second-order valence-electron chi connectivity index (χ2n) is 22.0. The summed E-state index contributed by atoms with van der Waals surface area (Å²) in [5.41, 5.74) is 15.4. The molecule has 0 saturated carbocycles. The Morgan fingerprint density at radius 2 is 1.07 bits per heavy atom. The van der Waals surface area contributed by atoms with E-state index in [0.29, 0.717) is 0 Å². The van der Waals surface area contributed by atoms with Gasteiger partial charge < -0.3 is 19.3 Å². The van der Waals surface area contributed by atoms with Crippen LogP contribution in [0.5, 0.6) is 0 Å². The molecule has 0 amide bonds. The summed E-state index contributed by atoms with van der Waals surface area (Å²) in [6.07, 6.45) is 1.95. The van der Waals surface area contributed by atoms with Crippen molar-refractivity contribution in [1.29, 1.82) is 0 Å². The van der Waals surface area contributed by atoms with Crippen LogP contribution >= 0.6 is 0 Å². The second-order valence-corrected chi connectivity index (χ2v) is 22.0. The maximum atomic E-state index is 5.07. The van der Waals surface area contributed by atoms with Crippen LogP contribution < -0.4 is 14.7 Å². The summed E-state index contributed by atoms with van der Waals surface area (Å²) in [6.45, 7) is 27.4. The molecule has 2 aromatic heterocycles. The van der Waals surface area contributed by atoms with E-state index in [0.717, 1.165) is 67.4 Å². The van der Waals surface area contributed by atoms with Gasteiger partial charge in [-0.3, -0.25) is 0 Å². The van der Waals surface area contributed by atoms with E-state index in [-0.39, 0.29) is 42.7 Å². The number of aromatic nitrogens is 2. The van der Waals surface area contributed by atoms with E-state index in [4.69, 9.17) is 4.98 Å². The molecule has 0 atom stereocenters. The number of nitrogens with zero attached hydrogens (tertiary/aromatic N) is 5. The molecule has 9 aromatic rings. The Morgan fingerprint density at radius 1 is 0.478 bits per heavy atom. The van der Waals surface area contributed by atoms with E-state index in [1.165, 1.54) is 27.8 Å². The molecule has 6 heteroatoms. The first-order chi connectivity index (χ1) is 32.4. The molecule has 1 aliphatic heterocycles. The van der Waals surface area contributed by atoms with Crippen LogP contribution in [-0.2, 0) is 42.7 Å². The van der Waals surface area contributed by atoms with Crippen LogP contribution in [0.15, 0.2) is 170 Å². The summed E-state index contributed by atoms with van der Waals surface area (Å²) in [5.74, 6) is 0.858. The Kier molecular flexibility index (Phi) is 12.3. The average Bonchev–Trinajstić information content (AvgIpc) is 3.88. The fourth-order valence-electron chi connectivity index (χ4n) is 9.56. The number of hydrogen-bond donors (Lipinski definition) is 0. The first-order valence-corrected chi connectivity index (χ1v) is 24.0. The summed E-state index contributed by atoms with van der Waals surface area (Å²) < 4.78 is 2.28. The fraction of sp³-hybridized carbons (Fsp3) is 0.238. The van der Waals surface area contributed by atoms with Gasteiger partial charge >= 0.3 is 0 Å². The van der Waals surface area contributed by atoms with Crippen molar-refractivity contribution in [2.24, 2.45) is 0 Å². The number of benzene rings is 7. The largest absolute Gasteiger partial charge is 0.493 e. The zero-order valence-electron chi connectivity index (χ0n) is 41.8. The molecule has 0 N–H and O–H groups in total. The number of fused-ring (bicyclic) bond motifs is 4. The monoisotopic (exact) mass is 1080 g/mol. The molecule has 0 unspecified atom stereocenters. The SMILES string of the molecule is CC(C)(C)c1ccc(C(C)(C)c2ccnc(-n3c4[c-]c(N(c5[c-]c(N6[CH-]N(c7cc(C(C)(C)C)cc(C(C)(C)C)c7)c7ccccc76)ccc5)c5ccccc5)ccc4c4ccccc43)c2)cc1.[Pt]. The van der Waals surface area contributed by atoms with E-state index < -0.39 is 0 Å². The van der Waals surface area contributed by atoms with Crippen LogP contribution in [0.3, 0.4) is 0 Å². The number of rotatable bonds is 8. The predicted molar refractivity (Wildman–Crippen MR) is 287 cm³/mol. The van der Waals surface area contributed by atoms with Gasteiger partial charge in [0.05, 0.1) is 0 Å². The van der Waals surface area contributed by atoms with E-state index in [9.17, 15) is 0 Å². The van der Waals surface area contributed by atoms with E-state index in [1.807, 2.05) is 6.20 Å². The van der Waals surface area contributed by atoms with Crippen LogP contribution in [0.2, 0.25) is 0 Å². The number of para-hydroxylation sites is 4. The molecule has 0 spiro atoms. The van der Waals surface area contributed by atoms with E-state index in [2.05, 4.69) is 278 Å². The Morgan fingerprint density at radius 3 is 1.74 bits per heavy atom. The maximum absolute atomic E-state index is 5.07. The van der Waals surface area contributed by atoms with Gasteiger partial charge in [-0.05, 0) is 104 Å². The number of pyridine rings is 1. The number of hydrogen-bond acceptors (Lipinski definition) is 4. The third-order valence-corrected chi connectivity index (χ3v) is 13.8. The van der Waals surface area contributed by atoms with Crippen molar-refractivity contribution >= 4 is 61.6 Å². The summed E-state index contributed by atoms with van der Waals surface area (Å²) >= 11 is 0. The maximum Gasteiger partial charge on any atom is 0.135 e. The van der Waals surface area contributed by atoms with Crippen molar-refractivity contribution in [2.45, 2.75) is 97.8 Å².